The van der Waals surface area contributed by atoms with E-state index in [0.29, 0.717) is 6.61 Å². The van der Waals surface area contributed by atoms with E-state index in [1.807, 2.05) is 6.08 Å². The van der Waals surface area contributed by atoms with Gasteiger partial charge in [-0.3, -0.25) is 0 Å². The summed E-state index contributed by atoms with van der Waals surface area (Å²) in [5, 5.41) is 3.42. The van der Waals surface area contributed by atoms with Crippen molar-refractivity contribution in [3.63, 3.8) is 0 Å². The molecule has 0 spiro atoms. The van der Waals surface area contributed by atoms with Gasteiger partial charge in [-0.25, -0.2) is 0 Å². The summed E-state index contributed by atoms with van der Waals surface area (Å²) >= 11 is 1.76. The number of hydrogen-bond donors (Lipinski definition) is 0. The molecule has 2 aromatic rings. The second kappa shape index (κ2) is 2.60. The van der Waals surface area contributed by atoms with Gasteiger partial charge in [-0.15, -0.1) is 11.3 Å². The number of rotatable bonds is 0. The van der Waals surface area contributed by atoms with Crippen molar-refractivity contribution in [3.05, 3.63) is 35.2 Å². The molecule has 0 saturated heterocycles. The zero-order valence-electron chi connectivity index (χ0n) is 6.99. The molecule has 0 amide bonds. The Morgan fingerprint density at radius 1 is 1.31 bits per heavy atom. The fraction of sp³-hybridized carbons (Fsp3) is 0.0909. The molecular weight excluding hydrogens is 180 g/mol. The molecule has 0 aliphatic carbocycles. The maximum absolute atomic E-state index is 5.52. The third kappa shape index (κ3) is 1.06. The molecule has 0 bridgehead atoms. The second-order valence-electron chi connectivity index (χ2n) is 3.06. The smallest absolute Gasteiger partial charge is 0.128 e. The molecule has 3 rings (SSSR count). The quantitative estimate of drug-likeness (QED) is 0.616. The molecule has 0 fully saturated rings. The third-order valence-corrected chi connectivity index (χ3v) is 3.10. The van der Waals surface area contributed by atoms with Crippen LogP contribution in [0.3, 0.4) is 0 Å². The monoisotopic (exact) mass is 188 g/mol. The number of benzene rings is 1. The maximum atomic E-state index is 5.52. The molecular formula is C11H8OS. The van der Waals surface area contributed by atoms with Crippen molar-refractivity contribution in [3.8, 4) is 5.75 Å². The van der Waals surface area contributed by atoms with Crippen molar-refractivity contribution >= 4 is 27.5 Å². The summed E-state index contributed by atoms with van der Waals surface area (Å²) in [6.45, 7) is 0.698. The number of ether oxygens (including phenoxy) is 1. The van der Waals surface area contributed by atoms with E-state index in [1.54, 1.807) is 11.3 Å². The molecule has 2 heterocycles. The lowest BCUT2D eigenvalue weighted by Crippen LogP contribution is -1.99. The second-order valence-corrected chi connectivity index (χ2v) is 4.01. The lowest BCUT2D eigenvalue weighted by atomic mass is 10.1. The van der Waals surface area contributed by atoms with E-state index in [9.17, 15) is 0 Å². The number of thiophene rings is 1. The van der Waals surface area contributed by atoms with Crippen LogP contribution in [0.25, 0.3) is 16.2 Å². The van der Waals surface area contributed by atoms with Crippen molar-refractivity contribution in [1.82, 2.24) is 0 Å². The first-order valence-corrected chi connectivity index (χ1v) is 5.12. The van der Waals surface area contributed by atoms with Crippen molar-refractivity contribution in [2.45, 2.75) is 0 Å². The van der Waals surface area contributed by atoms with Gasteiger partial charge in [0.15, 0.2) is 0 Å². The fourth-order valence-corrected chi connectivity index (χ4v) is 2.38. The zero-order valence-corrected chi connectivity index (χ0v) is 7.80. The molecule has 0 unspecified atom stereocenters. The van der Waals surface area contributed by atoms with Crippen LogP contribution < -0.4 is 4.74 Å². The highest BCUT2D eigenvalue weighted by Crippen LogP contribution is 2.31. The highest BCUT2D eigenvalue weighted by atomic mass is 32.1. The van der Waals surface area contributed by atoms with Crippen molar-refractivity contribution in [2.24, 2.45) is 0 Å². The van der Waals surface area contributed by atoms with E-state index in [1.165, 1.54) is 15.6 Å². The summed E-state index contributed by atoms with van der Waals surface area (Å²) < 4.78 is 6.82. The van der Waals surface area contributed by atoms with E-state index in [0.717, 1.165) is 5.75 Å². The van der Waals surface area contributed by atoms with Gasteiger partial charge < -0.3 is 4.74 Å². The van der Waals surface area contributed by atoms with Crippen LogP contribution in [0.5, 0.6) is 5.75 Å². The van der Waals surface area contributed by atoms with Crippen LogP contribution in [-0.2, 0) is 0 Å². The van der Waals surface area contributed by atoms with Crippen LogP contribution in [0, 0.1) is 0 Å². The minimum atomic E-state index is 0.698. The highest BCUT2D eigenvalue weighted by Gasteiger charge is 2.07. The Balaban J connectivity index is 2.36. The van der Waals surface area contributed by atoms with Crippen LogP contribution in [0.15, 0.2) is 29.7 Å². The fourth-order valence-electron chi connectivity index (χ4n) is 1.58. The van der Waals surface area contributed by atoms with Gasteiger partial charge in [0.05, 0.1) is 0 Å². The molecule has 1 aromatic heterocycles. The first-order chi connectivity index (χ1) is 6.43. The van der Waals surface area contributed by atoms with Crippen LogP contribution in [-0.4, -0.2) is 6.61 Å². The first kappa shape index (κ1) is 7.15. The molecule has 0 radical (unpaired) electrons. The molecule has 13 heavy (non-hydrogen) atoms. The predicted molar refractivity (Wildman–Crippen MR) is 56.4 cm³/mol. The standard InChI is InChI=1S/C11H8OS/c1-2-8-6-9-3-5-13-11(9)7-10(8)12-4-1/h1-3,5-7H,4H2. The van der Waals surface area contributed by atoms with Gasteiger partial charge in [0.2, 0.25) is 0 Å². The molecule has 0 N–H and O–H groups in total. The summed E-state index contributed by atoms with van der Waals surface area (Å²) in [5.74, 6) is 1.01. The molecule has 0 atom stereocenters. The topological polar surface area (TPSA) is 9.23 Å². The molecule has 2 heteroatoms. The van der Waals surface area contributed by atoms with E-state index in [4.69, 9.17) is 4.74 Å². The Labute approximate surface area is 80.3 Å². The number of fused-ring (bicyclic) bond motifs is 2. The average Bonchev–Trinajstić information content (AvgIpc) is 2.61. The zero-order chi connectivity index (χ0) is 8.67. The Morgan fingerprint density at radius 3 is 3.31 bits per heavy atom. The Bertz CT molecular complexity index is 482. The van der Waals surface area contributed by atoms with Crippen molar-refractivity contribution < 1.29 is 4.74 Å². The normalized spacial score (nSPS) is 14.2. The van der Waals surface area contributed by atoms with Gasteiger partial charge in [-0.2, -0.15) is 0 Å². The molecule has 64 valence electrons. The van der Waals surface area contributed by atoms with Crippen LogP contribution in [0.1, 0.15) is 5.56 Å². The summed E-state index contributed by atoms with van der Waals surface area (Å²) in [5.41, 5.74) is 1.19. The summed E-state index contributed by atoms with van der Waals surface area (Å²) in [4.78, 5) is 0. The van der Waals surface area contributed by atoms with Gasteiger partial charge in [0.1, 0.15) is 12.4 Å². The van der Waals surface area contributed by atoms with Gasteiger partial charge in [0, 0.05) is 10.3 Å². The van der Waals surface area contributed by atoms with Gasteiger partial charge >= 0.3 is 0 Å². The minimum Gasteiger partial charge on any atom is -0.489 e. The highest BCUT2D eigenvalue weighted by molar-refractivity contribution is 7.17. The third-order valence-electron chi connectivity index (χ3n) is 2.22. The van der Waals surface area contributed by atoms with Gasteiger partial charge in [-0.1, -0.05) is 6.08 Å². The average molecular weight is 188 g/mol. The van der Waals surface area contributed by atoms with Crippen LogP contribution >= 0.6 is 11.3 Å². The molecule has 1 aromatic carbocycles. The lowest BCUT2D eigenvalue weighted by molar-refractivity contribution is 0.359. The van der Waals surface area contributed by atoms with Crippen molar-refractivity contribution in [2.75, 3.05) is 6.61 Å². The molecule has 1 nitrogen and oxygen atoms in total. The molecule has 1 aliphatic heterocycles. The van der Waals surface area contributed by atoms with E-state index in [2.05, 4.69) is 29.7 Å². The maximum Gasteiger partial charge on any atom is 0.128 e. The summed E-state index contributed by atoms with van der Waals surface area (Å²) in [6, 6.07) is 6.44. The minimum absolute atomic E-state index is 0.698. The number of hydrogen-bond acceptors (Lipinski definition) is 2. The van der Waals surface area contributed by atoms with Gasteiger partial charge in [0.25, 0.3) is 0 Å². The SMILES string of the molecule is C1=Cc2cc3ccsc3cc2OC1. The Kier molecular flexibility index (Phi) is 1.43. The first-order valence-electron chi connectivity index (χ1n) is 4.24. The van der Waals surface area contributed by atoms with E-state index in [-0.39, 0.29) is 0 Å². The largest absolute Gasteiger partial charge is 0.489 e. The molecule has 1 aliphatic rings. The Hall–Kier alpha value is -1.28. The summed E-state index contributed by atoms with van der Waals surface area (Å²) in [7, 11) is 0. The van der Waals surface area contributed by atoms with Crippen LogP contribution in [0.4, 0.5) is 0 Å². The van der Waals surface area contributed by atoms with E-state index >= 15 is 0 Å². The Morgan fingerprint density at radius 2 is 2.31 bits per heavy atom. The van der Waals surface area contributed by atoms with Gasteiger partial charge in [-0.05, 0) is 35.0 Å². The molecule has 0 saturated carbocycles. The summed E-state index contributed by atoms with van der Waals surface area (Å²) in [6.07, 6.45) is 4.16. The lowest BCUT2D eigenvalue weighted by Gasteiger charge is -2.11. The van der Waals surface area contributed by atoms with Crippen molar-refractivity contribution in [1.29, 1.82) is 0 Å². The predicted octanol–water partition coefficient (Wildman–Crippen LogP) is 3.31. The van der Waals surface area contributed by atoms with Crippen LogP contribution in [0.2, 0.25) is 0 Å². The van der Waals surface area contributed by atoms with E-state index < -0.39 is 0 Å².